The average Bonchev–Trinajstić information content (AvgIpc) is 3.53. The molecule has 0 saturated heterocycles. The Balaban J connectivity index is 1.16. The van der Waals surface area contributed by atoms with Crippen LogP contribution in [0.15, 0.2) is 175 Å². The molecule has 0 amide bonds. The van der Waals surface area contributed by atoms with Gasteiger partial charge < -0.3 is 4.42 Å². The van der Waals surface area contributed by atoms with E-state index in [2.05, 4.69) is 164 Å². The summed E-state index contributed by atoms with van der Waals surface area (Å²) in [5.74, 6) is 0.841. The second-order valence-corrected chi connectivity index (χ2v) is 12.8. The Bertz CT molecular complexity index is 2690. The maximum absolute atomic E-state index is 6.11. The number of rotatable bonds is 6. The highest BCUT2D eigenvalue weighted by molar-refractivity contribution is 6.21. The minimum Gasteiger partial charge on any atom is -0.456 e. The van der Waals surface area contributed by atoms with Crippen LogP contribution in [0.4, 0.5) is 0 Å². The van der Waals surface area contributed by atoms with Crippen LogP contribution in [-0.2, 0) is 0 Å². The van der Waals surface area contributed by atoms with E-state index in [9.17, 15) is 0 Å². The predicted molar refractivity (Wildman–Crippen MR) is 215 cm³/mol. The molecule has 1 heterocycles. The third-order valence-electron chi connectivity index (χ3n) is 9.99. The molecule has 236 valence electrons. The Kier molecular flexibility index (Phi) is 7.25. The number of fused-ring (bicyclic) bond motifs is 4. The summed E-state index contributed by atoms with van der Waals surface area (Å²) in [6.45, 7) is 6.05. The molecule has 0 fully saturated rings. The average molecular weight is 639 g/mol. The van der Waals surface area contributed by atoms with Crippen molar-refractivity contribution in [2.75, 3.05) is 0 Å². The van der Waals surface area contributed by atoms with Crippen molar-refractivity contribution in [1.82, 2.24) is 0 Å². The van der Waals surface area contributed by atoms with Gasteiger partial charge in [-0.05, 0) is 102 Å². The summed E-state index contributed by atoms with van der Waals surface area (Å²) in [6, 6.07) is 57.4. The summed E-state index contributed by atoms with van der Waals surface area (Å²) in [6.07, 6.45) is 5.87. The predicted octanol–water partition coefficient (Wildman–Crippen LogP) is 14.2. The van der Waals surface area contributed by atoms with Crippen LogP contribution in [-0.4, -0.2) is 0 Å². The van der Waals surface area contributed by atoms with E-state index in [4.69, 9.17) is 4.42 Å². The Morgan fingerprint density at radius 3 is 1.54 bits per heavy atom. The van der Waals surface area contributed by atoms with Crippen LogP contribution in [0.3, 0.4) is 0 Å². The summed E-state index contributed by atoms with van der Waals surface area (Å²) >= 11 is 0. The molecule has 0 N–H and O–H groups in total. The van der Waals surface area contributed by atoms with Crippen molar-refractivity contribution >= 4 is 55.4 Å². The Labute approximate surface area is 292 Å². The van der Waals surface area contributed by atoms with Crippen molar-refractivity contribution in [2.24, 2.45) is 0 Å². The number of hydrogen-bond acceptors (Lipinski definition) is 1. The van der Waals surface area contributed by atoms with Crippen LogP contribution < -0.4 is 0 Å². The van der Waals surface area contributed by atoms with Gasteiger partial charge in [0, 0.05) is 10.9 Å². The second kappa shape index (κ2) is 12.2. The number of benzene rings is 8. The van der Waals surface area contributed by atoms with E-state index >= 15 is 0 Å². The molecule has 50 heavy (non-hydrogen) atoms. The zero-order valence-electron chi connectivity index (χ0n) is 27.9. The van der Waals surface area contributed by atoms with Gasteiger partial charge in [0.05, 0.1) is 0 Å². The summed E-state index contributed by atoms with van der Waals surface area (Å²) in [7, 11) is 0. The van der Waals surface area contributed by atoms with Crippen LogP contribution in [0.25, 0.3) is 99.9 Å². The van der Waals surface area contributed by atoms with Crippen molar-refractivity contribution in [1.29, 1.82) is 0 Å². The topological polar surface area (TPSA) is 13.1 Å². The van der Waals surface area contributed by atoms with Crippen LogP contribution in [0, 0.1) is 0 Å². The maximum atomic E-state index is 6.11. The van der Waals surface area contributed by atoms with E-state index in [-0.39, 0.29) is 0 Å². The fraction of sp³-hybridized carbons (Fsp3) is 0.0204. The molecular weight excluding hydrogens is 605 g/mol. The Morgan fingerprint density at radius 2 is 0.960 bits per heavy atom. The fourth-order valence-corrected chi connectivity index (χ4v) is 7.67. The van der Waals surface area contributed by atoms with Crippen molar-refractivity contribution in [2.45, 2.75) is 6.92 Å². The lowest BCUT2D eigenvalue weighted by atomic mass is 9.85. The number of furan rings is 1. The van der Waals surface area contributed by atoms with Crippen LogP contribution in [0.1, 0.15) is 18.2 Å². The van der Waals surface area contributed by atoms with E-state index in [0.29, 0.717) is 0 Å². The Morgan fingerprint density at radius 1 is 0.460 bits per heavy atom. The van der Waals surface area contributed by atoms with Crippen molar-refractivity contribution in [3.63, 3.8) is 0 Å². The first-order valence-electron chi connectivity index (χ1n) is 17.2. The van der Waals surface area contributed by atoms with E-state index in [1.807, 2.05) is 25.2 Å². The van der Waals surface area contributed by atoms with Gasteiger partial charge in [0.15, 0.2) is 0 Å². The van der Waals surface area contributed by atoms with Gasteiger partial charge >= 0.3 is 0 Å². The molecule has 0 radical (unpaired) electrons. The first-order valence-corrected chi connectivity index (χ1v) is 17.2. The quantitative estimate of drug-likeness (QED) is 0.165. The molecule has 9 aromatic rings. The third-order valence-corrected chi connectivity index (χ3v) is 9.99. The minimum absolute atomic E-state index is 0.841. The molecular formula is C49H34O. The highest BCUT2D eigenvalue weighted by Gasteiger charge is 2.17. The van der Waals surface area contributed by atoms with E-state index in [1.165, 1.54) is 65.7 Å². The molecule has 9 rings (SSSR count). The molecule has 0 saturated carbocycles. The van der Waals surface area contributed by atoms with Gasteiger partial charge in [-0.2, -0.15) is 0 Å². The number of hydrogen-bond donors (Lipinski definition) is 0. The van der Waals surface area contributed by atoms with Crippen LogP contribution in [0.5, 0.6) is 0 Å². The highest BCUT2D eigenvalue weighted by atomic mass is 16.3. The van der Waals surface area contributed by atoms with E-state index in [1.54, 1.807) is 0 Å². The molecule has 0 atom stereocenters. The SMILES string of the molecule is C=Cc1c(/C=C\C)oc2ccc(-c3ccc(-c4c5ccccc5c(-c5ccc(-c6cccc7ccccc67)cc5)c5ccccc45)cc3)cc12. The van der Waals surface area contributed by atoms with Gasteiger partial charge in [0.1, 0.15) is 11.3 Å². The molecule has 0 aliphatic carbocycles. The lowest BCUT2D eigenvalue weighted by Gasteiger charge is -2.18. The van der Waals surface area contributed by atoms with Crippen molar-refractivity contribution in [3.8, 4) is 44.5 Å². The molecule has 1 nitrogen and oxygen atoms in total. The van der Waals surface area contributed by atoms with E-state index < -0.39 is 0 Å². The monoisotopic (exact) mass is 638 g/mol. The van der Waals surface area contributed by atoms with Crippen LogP contribution in [0.2, 0.25) is 0 Å². The van der Waals surface area contributed by atoms with Gasteiger partial charge in [-0.1, -0.05) is 164 Å². The zero-order valence-corrected chi connectivity index (χ0v) is 27.9. The van der Waals surface area contributed by atoms with Gasteiger partial charge in [-0.3, -0.25) is 0 Å². The smallest absolute Gasteiger partial charge is 0.135 e. The lowest BCUT2D eigenvalue weighted by molar-refractivity contribution is 0.603. The fourth-order valence-electron chi connectivity index (χ4n) is 7.67. The standard InChI is InChI=1S/C49H34O/c1-3-12-46-38(4-2)45-31-37(29-30-47(45)50-46)32-21-25-35(26-22-32)48-41-16-7-9-18-43(41)49(44-19-10-8-17-42(44)48)36-27-23-34(24-28-36)40-20-11-14-33-13-5-6-15-39(33)40/h3-31H,2H2,1H3/b12-3-. The first kappa shape index (κ1) is 29.7. The normalized spacial score (nSPS) is 11.7. The summed E-state index contributed by atoms with van der Waals surface area (Å²) in [5.41, 5.74) is 11.6. The molecule has 0 aliphatic rings. The highest BCUT2D eigenvalue weighted by Crippen LogP contribution is 2.44. The minimum atomic E-state index is 0.841. The molecule has 1 aromatic heterocycles. The third kappa shape index (κ3) is 4.86. The van der Waals surface area contributed by atoms with Gasteiger partial charge in [-0.15, -0.1) is 0 Å². The molecule has 0 unspecified atom stereocenters. The summed E-state index contributed by atoms with van der Waals surface area (Å²) in [5, 5.41) is 8.61. The van der Waals surface area contributed by atoms with Gasteiger partial charge in [0.25, 0.3) is 0 Å². The maximum Gasteiger partial charge on any atom is 0.135 e. The zero-order chi connectivity index (χ0) is 33.6. The summed E-state index contributed by atoms with van der Waals surface area (Å²) < 4.78 is 6.11. The lowest BCUT2D eigenvalue weighted by Crippen LogP contribution is -1.91. The Hall–Kier alpha value is -6.44. The molecule has 1 heteroatoms. The first-order chi connectivity index (χ1) is 24.7. The second-order valence-electron chi connectivity index (χ2n) is 12.8. The largest absolute Gasteiger partial charge is 0.456 e. The molecule has 0 spiro atoms. The molecule has 0 aliphatic heterocycles. The van der Waals surface area contributed by atoms with Gasteiger partial charge in [0.2, 0.25) is 0 Å². The van der Waals surface area contributed by atoms with Crippen molar-refractivity contribution < 1.29 is 4.42 Å². The summed E-state index contributed by atoms with van der Waals surface area (Å²) in [4.78, 5) is 0. The van der Waals surface area contributed by atoms with Gasteiger partial charge in [-0.25, -0.2) is 0 Å². The molecule has 8 aromatic carbocycles. The van der Waals surface area contributed by atoms with Crippen molar-refractivity contribution in [3.05, 3.63) is 182 Å². The van der Waals surface area contributed by atoms with E-state index in [0.717, 1.165) is 33.4 Å². The number of allylic oxidation sites excluding steroid dienone is 1. The van der Waals surface area contributed by atoms with Crippen LogP contribution >= 0.6 is 0 Å². The molecule has 0 bridgehead atoms.